The van der Waals surface area contributed by atoms with Crippen LogP contribution in [0.3, 0.4) is 0 Å². The van der Waals surface area contributed by atoms with E-state index in [9.17, 15) is 0 Å². The van der Waals surface area contributed by atoms with Gasteiger partial charge in [0.25, 0.3) is 0 Å². The van der Waals surface area contributed by atoms with Gasteiger partial charge in [0.2, 0.25) is 9.84 Å². The van der Waals surface area contributed by atoms with E-state index >= 15 is 8.42 Å². The second-order valence-corrected chi connectivity index (χ2v) is 19.3. The molecule has 0 atom stereocenters. The lowest BCUT2D eigenvalue weighted by Gasteiger charge is -2.33. The maximum Gasteiger partial charge on any atom is 0.210 e. The van der Waals surface area contributed by atoms with Gasteiger partial charge < -0.3 is 9.47 Å². The first kappa shape index (κ1) is 37.1. The van der Waals surface area contributed by atoms with Gasteiger partial charge in [0.1, 0.15) is 0 Å². The number of aromatic nitrogens is 2. The zero-order valence-corrected chi connectivity index (χ0v) is 36.2. The smallest absolute Gasteiger partial charge is 0.210 e. The molecule has 0 bridgehead atoms. The minimum atomic E-state index is -3.96. The third-order valence-electron chi connectivity index (χ3n) is 14.1. The van der Waals surface area contributed by atoms with E-state index in [0.717, 1.165) is 55.7 Å². The summed E-state index contributed by atoms with van der Waals surface area (Å²) < 4.78 is 32.2. The molecule has 2 aromatic heterocycles. The van der Waals surface area contributed by atoms with Gasteiger partial charge in [-0.15, -0.1) is 0 Å². The Hall–Kier alpha value is -8.32. The largest absolute Gasteiger partial charge is 0.309 e. The molecule has 0 saturated carbocycles. The van der Waals surface area contributed by atoms with Gasteiger partial charge in [-0.2, -0.15) is 0 Å². The van der Waals surface area contributed by atoms with Crippen LogP contribution < -0.4 is 4.90 Å². The third-order valence-corrected chi connectivity index (χ3v) is 16.0. The first-order valence-electron chi connectivity index (χ1n) is 22.3. The fourth-order valence-corrected chi connectivity index (χ4v) is 13.1. The Labute approximate surface area is 382 Å². The van der Waals surface area contributed by atoms with Crippen molar-refractivity contribution in [1.82, 2.24) is 9.55 Å². The second-order valence-electron chi connectivity index (χ2n) is 17.4. The maximum absolute atomic E-state index is 15.0. The molecule has 9 aromatic carbocycles. The minimum absolute atomic E-state index is 0.254. The monoisotopic (exact) mass is 863 g/mol. The molecule has 3 aliphatic rings. The Morgan fingerprint density at radius 1 is 0.379 bits per heavy atom. The topological polar surface area (TPSA) is 55.2 Å². The summed E-state index contributed by atoms with van der Waals surface area (Å²) in [6, 6.07) is 77.7. The first-order valence-corrected chi connectivity index (χ1v) is 23.8. The molecule has 66 heavy (non-hydrogen) atoms. The van der Waals surface area contributed by atoms with Gasteiger partial charge in [-0.25, -0.2) is 13.4 Å². The van der Waals surface area contributed by atoms with Crippen LogP contribution in [-0.4, -0.2) is 18.0 Å². The van der Waals surface area contributed by atoms with Crippen LogP contribution in [-0.2, 0) is 15.3 Å². The molecule has 6 heteroatoms. The van der Waals surface area contributed by atoms with E-state index in [1.165, 1.54) is 44.5 Å². The fraction of sp³-hybridized carbons (Fsp3) is 0.0167. The molecule has 1 aliphatic heterocycles. The summed E-state index contributed by atoms with van der Waals surface area (Å²) >= 11 is 0. The Balaban J connectivity index is 1.04. The average molecular weight is 864 g/mol. The molecule has 310 valence electrons. The molecule has 0 amide bonds. The van der Waals surface area contributed by atoms with Crippen molar-refractivity contribution < 1.29 is 8.42 Å². The molecule has 1 spiro atoms. The molecule has 11 aromatic rings. The normalized spacial score (nSPS) is 14.4. The van der Waals surface area contributed by atoms with Crippen LogP contribution in [0.25, 0.3) is 72.3 Å². The van der Waals surface area contributed by atoms with E-state index in [-0.39, 0.29) is 9.79 Å². The van der Waals surface area contributed by atoms with Crippen molar-refractivity contribution in [3.8, 4) is 50.5 Å². The van der Waals surface area contributed by atoms with Crippen LogP contribution in [0.5, 0.6) is 0 Å². The number of nitrogens with zero attached hydrogens (tertiary/aromatic N) is 3. The van der Waals surface area contributed by atoms with Crippen LogP contribution in [0.15, 0.2) is 234 Å². The van der Waals surface area contributed by atoms with Crippen LogP contribution >= 0.6 is 0 Å². The molecule has 0 radical (unpaired) electrons. The van der Waals surface area contributed by atoms with E-state index in [0.29, 0.717) is 11.4 Å². The molecular formula is C60H37N3O2S. The van der Waals surface area contributed by atoms with Crippen molar-refractivity contribution >= 4 is 48.7 Å². The molecule has 0 unspecified atom stereocenters. The molecular weight excluding hydrogens is 827 g/mol. The summed E-state index contributed by atoms with van der Waals surface area (Å²) in [6.45, 7) is 0. The van der Waals surface area contributed by atoms with E-state index in [1.807, 2.05) is 72.8 Å². The molecule has 5 nitrogen and oxygen atoms in total. The standard InChI is InChI=1S/C60H37N3O2S/c64-66(65)58-30-16-15-29-55(58)63(57-36-47-46-24-10-14-28-54(46)62(56(47)37-59(57)66)40-19-5-2-6-20-40)41-34-52(38-17-3-1-4-18-38)61-53(35-41)39-31-32-45-44-23-9-13-27-50(44)60(51(45)33-39)48-25-11-7-21-42(48)43-22-8-12-26-49(43)60/h1-37H. The highest BCUT2D eigenvalue weighted by Gasteiger charge is 2.51. The molecule has 2 aliphatic carbocycles. The summed E-state index contributed by atoms with van der Waals surface area (Å²) in [7, 11) is -3.96. The number of rotatable bonds is 4. The average Bonchev–Trinajstić information content (AvgIpc) is 3.98. The van der Waals surface area contributed by atoms with Crippen molar-refractivity contribution in [3.63, 3.8) is 0 Å². The Morgan fingerprint density at radius 3 is 1.64 bits per heavy atom. The summed E-state index contributed by atoms with van der Waals surface area (Å²) in [5.41, 5.74) is 17.8. The molecule has 0 fully saturated rings. The molecule has 0 saturated heterocycles. The Morgan fingerprint density at radius 2 is 0.939 bits per heavy atom. The number of fused-ring (bicyclic) bond motifs is 15. The number of benzene rings is 9. The Bertz CT molecular complexity index is 3910. The third kappa shape index (κ3) is 4.93. The predicted octanol–water partition coefficient (Wildman–Crippen LogP) is 14.5. The van der Waals surface area contributed by atoms with Crippen LogP contribution in [0.4, 0.5) is 17.1 Å². The highest BCUT2D eigenvalue weighted by Crippen LogP contribution is 2.63. The van der Waals surface area contributed by atoms with Crippen LogP contribution in [0, 0.1) is 0 Å². The van der Waals surface area contributed by atoms with Gasteiger partial charge in [0.05, 0.1) is 54.7 Å². The zero-order valence-electron chi connectivity index (χ0n) is 35.4. The number of pyridine rings is 1. The number of hydrogen-bond donors (Lipinski definition) is 0. The molecule has 0 N–H and O–H groups in total. The van der Waals surface area contributed by atoms with Crippen LogP contribution in [0.2, 0.25) is 0 Å². The predicted molar refractivity (Wildman–Crippen MR) is 266 cm³/mol. The molecule has 3 heterocycles. The summed E-state index contributed by atoms with van der Waals surface area (Å²) in [4.78, 5) is 8.11. The van der Waals surface area contributed by atoms with Gasteiger partial charge in [-0.1, -0.05) is 164 Å². The number of sulfone groups is 1. The number of para-hydroxylation sites is 3. The SMILES string of the molecule is O=S1(=O)c2ccccc2N(c2cc(-c3ccccc3)nc(-c3ccc4c(c3)C3(c5ccccc5-c5ccccc53)c3ccccc3-4)c2)c2cc3c4ccccc4n(-c4ccccc4)c3cc21. The number of hydrogen-bond acceptors (Lipinski definition) is 4. The lowest BCUT2D eigenvalue weighted by molar-refractivity contribution is 0.595. The van der Waals surface area contributed by atoms with Crippen molar-refractivity contribution in [1.29, 1.82) is 0 Å². The Kier molecular flexibility index (Phi) is 7.64. The highest BCUT2D eigenvalue weighted by molar-refractivity contribution is 7.92. The van der Waals surface area contributed by atoms with Crippen molar-refractivity contribution in [2.75, 3.05) is 4.90 Å². The van der Waals surface area contributed by atoms with E-state index < -0.39 is 15.3 Å². The zero-order chi connectivity index (χ0) is 43.7. The van der Waals surface area contributed by atoms with Gasteiger partial charge in [0, 0.05) is 27.6 Å². The quantitative estimate of drug-likeness (QED) is 0.177. The first-order chi connectivity index (χ1) is 32.5. The van der Waals surface area contributed by atoms with Crippen molar-refractivity contribution in [3.05, 3.63) is 247 Å². The van der Waals surface area contributed by atoms with E-state index in [1.54, 1.807) is 6.07 Å². The van der Waals surface area contributed by atoms with Crippen molar-refractivity contribution in [2.24, 2.45) is 0 Å². The second kappa shape index (κ2) is 13.6. The maximum atomic E-state index is 15.0. The van der Waals surface area contributed by atoms with Gasteiger partial charge in [-0.3, -0.25) is 0 Å². The van der Waals surface area contributed by atoms with E-state index in [4.69, 9.17) is 4.98 Å². The lowest BCUT2D eigenvalue weighted by Crippen LogP contribution is -2.25. The summed E-state index contributed by atoms with van der Waals surface area (Å²) in [5.74, 6) is 0. The fourth-order valence-electron chi connectivity index (χ4n) is 11.4. The summed E-state index contributed by atoms with van der Waals surface area (Å²) in [6.07, 6.45) is 0. The van der Waals surface area contributed by atoms with Crippen molar-refractivity contribution in [2.45, 2.75) is 15.2 Å². The van der Waals surface area contributed by atoms with Gasteiger partial charge in [0.15, 0.2) is 0 Å². The van der Waals surface area contributed by atoms with Gasteiger partial charge in [-0.05, 0) is 105 Å². The summed E-state index contributed by atoms with van der Waals surface area (Å²) in [5, 5.41) is 2.00. The lowest BCUT2D eigenvalue weighted by atomic mass is 9.70. The highest BCUT2D eigenvalue weighted by atomic mass is 32.2. The minimum Gasteiger partial charge on any atom is -0.309 e. The molecule has 14 rings (SSSR count). The number of anilines is 3. The van der Waals surface area contributed by atoms with E-state index in [2.05, 4.69) is 155 Å². The van der Waals surface area contributed by atoms with Crippen LogP contribution in [0.1, 0.15) is 22.3 Å². The van der Waals surface area contributed by atoms with Gasteiger partial charge >= 0.3 is 0 Å².